The lowest BCUT2D eigenvalue weighted by atomic mass is 9.98. The number of rotatable bonds is 4. The van der Waals surface area contributed by atoms with E-state index in [0.717, 1.165) is 27.5 Å². The van der Waals surface area contributed by atoms with Gasteiger partial charge in [0.2, 0.25) is 0 Å². The standard InChI is InChI=1S/C24H21NO4/c1-4-29-24(27)21-19-14-16(23(26)28-3)12-13-20(19)25(2)22(21)18-11-7-9-15-8-5-6-10-17(15)18/h5-14H,4H2,1-3H3. The van der Waals surface area contributed by atoms with Gasteiger partial charge in [0.25, 0.3) is 0 Å². The van der Waals surface area contributed by atoms with E-state index in [1.165, 1.54) is 7.11 Å². The highest BCUT2D eigenvalue weighted by Gasteiger charge is 2.25. The van der Waals surface area contributed by atoms with E-state index in [0.29, 0.717) is 16.5 Å². The molecule has 0 fully saturated rings. The molecular formula is C24H21NO4. The van der Waals surface area contributed by atoms with E-state index in [-0.39, 0.29) is 6.61 Å². The minimum Gasteiger partial charge on any atom is -0.465 e. The van der Waals surface area contributed by atoms with Crippen molar-refractivity contribution in [3.05, 3.63) is 71.8 Å². The Labute approximate surface area is 168 Å². The molecule has 0 radical (unpaired) electrons. The molecule has 0 saturated heterocycles. The first-order valence-electron chi connectivity index (χ1n) is 9.42. The van der Waals surface area contributed by atoms with Crippen molar-refractivity contribution in [2.45, 2.75) is 6.92 Å². The Balaban J connectivity index is 2.10. The summed E-state index contributed by atoms with van der Waals surface area (Å²) in [6.45, 7) is 2.04. The number of aryl methyl sites for hydroxylation is 1. The van der Waals surface area contributed by atoms with Crippen molar-refractivity contribution in [1.82, 2.24) is 4.57 Å². The first kappa shape index (κ1) is 18.7. The summed E-state index contributed by atoms with van der Waals surface area (Å²) in [4.78, 5) is 25.1. The molecule has 0 aliphatic carbocycles. The number of esters is 2. The van der Waals surface area contributed by atoms with Crippen LogP contribution >= 0.6 is 0 Å². The number of aromatic nitrogens is 1. The highest BCUT2D eigenvalue weighted by Crippen LogP contribution is 2.37. The molecule has 3 aromatic carbocycles. The van der Waals surface area contributed by atoms with Crippen LogP contribution in [-0.2, 0) is 16.5 Å². The predicted molar refractivity (Wildman–Crippen MR) is 113 cm³/mol. The maximum atomic E-state index is 13.0. The summed E-state index contributed by atoms with van der Waals surface area (Å²) < 4.78 is 12.2. The summed E-state index contributed by atoms with van der Waals surface area (Å²) in [5, 5.41) is 2.79. The minimum absolute atomic E-state index is 0.265. The summed E-state index contributed by atoms with van der Waals surface area (Å²) in [6, 6.07) is 19.3. The van der Waals surface area contributed by atoms with Crippen LogP contribution in [-0.4, -0.2) is 30.2 Å². The Kier molecular flexibility index (Phi) is 4.80. The Morgan fingerprint density at radius 2 is 1.69 bits per heavy atom. The van der Waals surface area contributed by atoms with Crippen LogP contribution in [0.25, 0.3) is 32.9 Å². The first-order chi connectivity index (χ1) is 14.1. The van der Waals surface area contributed by atoms with Crippen LogP contribution in [0.1, 0.15) is 27.6 Å². The van der Waals surface area contributed by atoms with E-state index in [4.69, 9.17) is 9.47 Å². The Morgan fingerprint density at radius 1 is 0.931 bits per heavy atom. The summed E-state index contributed by atoms with van der Waals surface area (Å²) in [5.74, 6) is -0.861. The van der Waals surface area contributed by atoms with Gasteiger partial charge in [-0.2, -0.15) is 0 Å². The van der Waals surface area contributed by atoms with Crippen LogP contribution in [0, 0.1) is 0 Å². The lowest BCUT2D eigenvalue weighted by Gasteiger charge is -2.11. The van der Waals surface area contributed by atoms with Crippen LogP contribution in [0.5, 0.6) is 0 Å². The number of benzene rings is 3. The van der Waals surface area contributed by atoms with Crippen molar-refractivity contribution in [3.8, 4) is 11.3 Å². The SMILES string of the molecule is CCOC(=O)c1c(-c2cccc3ccccc23)n(C)c2ccc(C(=O)OC)cc12. The van der Waals surface area contributed by atoms with Gasteiger partial charge < -0.3 is 14.0 Å². The molecule has 0 spiro atoms. The number of ether oxygens (including phenoxy) is 2. The molecule has 0 saturated carbocycles. The normalized spacial score (nSPS) is 11.0. The van der Waals surface area contributed by atoms with Crippen LogP contribution in [0.2, 0.25) is 0 Å². The molecule has 4 rings (SSSR count). The van der Waals surface area contributed by atoms with Gasteiger partial charge in [-0.25, -0.2) is 9.59 Å². The van der Waals surface area contributed by atoms with Gasteiger partial charge >= 0.3 is 11.9 Å². The molecule has 0 bridgehead atoms. The van der Waals surface area contributed by atoms with Crippen LogP contribution in [0.4, 0.5) is 0 Å². The van der Waals surface area contributed by atoms with Crippen LogP contribution < -0.4 is 0 Å². The van der Waals surface area contributed by atoms with E-state index >= 15 is 0 Å². The van der Waals surface area contributed by atoms with Crippen LogP contribution in [0.15, 0.2) is 60.7 Å². The maximum absolute atomic E-state index is 13.0. The van der Waals surface area contributed by atoms with Crippen molar-refractivity contribution in [2.75, 3.05) is 13.7 Å². The van der Waals surface area contributed by atoms with Gasteiger partial charge in [0.05, 0.1) is 30.5 Å². The molecule has 1 aromatic heterocycles. The van der Waals surface area contributed by atoms with Crippen LogP contribution in [0.3, 0.4) is 0 Å². The lowest BCUT2D eigenvalue weighted by Crippen LogP contribution is -2.07. The van der Waals surface area contributed by atoms with Gasteiger partial charge in [-0.3, -0.25) is 0 Å². The molecule has 0 unspecified atom stereocenters. The molecule has 0 aliphatic heterocycles. The Hall–Kier alpha value is -3.60. The topological polar surface area (TPSA) is 57.5 Å². The van der Waals surface area contributed by atoms with E-state index < -0.39 is 11.9 Å². The molecule has 4 aromatic rings. The smallest absolute Gasteiger partial charge is 0.340 e. The molecule has 1 heterocycles. The third-order valence-electron chi connectivity index (χ3n) is 5.14. The highest BCUT2D eigenvalue weighted by atomic mass is 16.5. The van der Waals surface area contributed by atoms with Gasteiger partial charge in [0.15, 0.2) is 0 Å². The molecule has 0 aliphatic rings. The average molecular weight is 387 g/mol. The predicted octanol–water partition coefficient (Wildman–Crippen LogP) is 4.96. The van der Waals surface area contributed by atoms with Gasteiger partial charge in [0, 0.05) is 23.5 Å². The Bertz CT molecular complexity index is 1250. The molecule has 5 heteroatoms. The van der Waals surface area contributed by atoms with E-state index in [1.54, 1.807) is 19.1 Å². The van der Waals surface area contributed by atoms with E-state index in [9.17, 15) is 9.59 Å². The molecule has 146 valence electrons. The Morgan fingerprint density at radius 3 is 2.45 bits per heavy atom. The largest absolute Gasteiger partial charge is 0.465 e. The molecule has 29 heavy (non-hydrogen) atoms. The monoisotopic (exact) mass is 387 g/mol. The third-order valence-corrected chi connectivity index (χ3v) is 5.14. The first-order valence-corrected chi connectivity index (χ1v) is 9.42. The number of hydrogen-bond acceptors (Lipinski definition) is 4. The van der Waals surface area contributed by atoms with Crippen molar-refractivity contribution in [3.63, 3.8) is 0 Å². The zero-order valence-corrected chi connectivity index (χ0v) is 16.6. The second kappa shape index (κ2) is 7.43. The molecule has 0 atom stereocenters. The minimum atomic E-state index is -0.447. The van der Waals surface area contributed by atoms with E-state index in [2.05, 4.69) is 0 Å². The number of nitrogens with zero attached hydrogens (tertiary/aromatic N) is 1. The van der Waals surface area contributed by atoms with E-state index in [1.807, 2.05) is 60.1 Å². The molecule has 5 nitrogen and oxygen atoms in total. The van der Waals surface area contributed by atoms with Gasteiger partial charge in [-0.15, -0.1) is 0 Å². The number of carbonyl (C=O) groups excluding carboxylic acids is 2. The van der Waals surface area contributed by atoms with Crippen molar-refractivity contribution in [2.24, 2.45) is 7.05 Å². The fourth-order valence-corrected chi connectivity index (χ4v) is 3.85. The fourth-order valence-electron chi connectivity index (χ4n) is 3.85. The highest BCUT2D eigenvalue weighted by molar-refractivity contribution is 6.14. The molecule has 0 amide bonds. The summed E-state index contributed by atoms with van der Waals surface area (Å²) in [7, 11) is 3.26. The number of hydrogen-bond donors (Lipinski definition) is 0. The second-order valence-corrected chi connectivity index (χ2v) is 6.75. The molecular weight excluding hydrogens is 366 g/mol. The molecule has 0 N–H and O–H groups in total. The average Bonchev–Trinajstić information content (AvgIpc) is 3.04. The number of methoxy groups -OCH3 is 1. The zero-order chi connectivity index (χ0) is 20.5. The maximum Gasteiger partial charge on any atom is 0.340 e. The van der Waals surface area contributed by atoms with Gasteiger partial charge in [0.1, 0.15) is 0 Å². The number of fused-ring (bicyclic) bond motifs is 2. The van der Waals surface area contributed by atoms with Crippen molar-refractivity contribution in [1.29, 1.82) is 0 Å². The fraction of sp³-hybridized carbons (Fsp3) is 0.167. The van der Waals surface area contributed by atoms with Gasteiger partial charge in [-0.05, 0) is 35.9 Å². The zero-order valence-electron chi connectivity index (χ0n) is 16.6. The quantitative estimate of drug-likeness (QED) is 0.464. The third kappa shape index (κ3) is 3.05. The number of carbonyl (C=O) groups is 2. The lowest BCUT2D eigenvalue weighted by molar-refractivity contribution is 0.0527. The van der Waals surface area contributed by atoms with Crippen molar-refractivity contribution >= 4 is 33.6 Å². The van der Waals surface area contributed by atoms with Crippen molar-refractivity contribution < 1.29 is 19.1 Å². The summed E-state index contributed by atoms with van der Waals surface area (Å²) in [5.41, 5.74) is 3.37. The van der Waals surface area contributed by atoms with Gasteiger partial charge in [-0.1, -0.05) is 42.5 Å². The second-order valence-electron chi connectivity index (χ2n) is 6.75. The summed E-state index contributed by atoms with van der Waals surface area (Å²) >= 11 is 0. The summed E-state index contributed by atoms with van der Waals surface area (Å²) in [6.07, 6.45) is 0.